The number of phenols is 1. The molecule has 1 saturated carbocycles. The number of halogens is 1. The van der Waals surface area contributed by atoms with Crippen LogP contribution in [-0.2, 0) is 5.54 Å². The third kappa shape index (κ3) is 1.80. The molecule has 0 bridgehead atoms. The van der Waals surface area contributed by atoms with Crippen LogP contribution in [0.25, 0.3) is 0 Å². The van der Waals surface area contributed by atoms with Crippen molar-refractivity contribution < 1.29 is 9.50 Å². The minimum absolute atomic E-state index is 0.00694. The Morgan fingerprint density at radius 2 is 1.88 bits per heavy atom. The van der Waals surface area contributed by atoms with Gasteiger partial charge in [0.15, 0.2) is 0 Å². The first-order valence-electron chi connectivity index (χ1n) is 5.82. The topological polar surface area (TPSA) is 46.2 Å². The van der Waals surface area contributed by atoms with Crippen molar-refractivity contribution in [3.8, 4) is 5.75 Å². The van der Waals surface area contributed by atoms with Gasteiger partial charge in [-0.1, -0.05) is 25.3 Å². The van der Waals surface area contributed by atoms with Gasteiger partial charge in [0.05, 0.1) is 0 Å². The van der Waals surface area contributed by atoms with Gasteiger partial charge in [0, 0.05) is 11.1 Å². The van der Waals surface area contributed by atoms with Crippen LogP contribution in [-0.4, -0.2) is 5.11 Å². The van der Waals surface area contributed by atoms with E-state index in [1.165, 1.54) is 6.07 Å². The molecule has 16 heavy (non-hydrogen) atoms. The molecule has 1 fully saturated rings. The fourth-order valence-corrected chi connectivity index (χ4v) is 2.58. The van der Waals surface area contributed by atoms with Crippen LogP contribution >= 0.6 is 0 Å². The Bertz CT molecular complexity index is 397. The molecule has 0 amide bonds. The number of benzene rings is 1. The third-order valence-corrected chi connectivity index (χ3v) is 3.56. The summed E-state index contributed by atoms with van der Waals surface area (Å²) in [6, 6.07) is 3.12. The van der Waals surface area contributed by atoms with Crippen LogP contribution in [0.2, 0.25) is 0 Å². The molecule has 0 radical (unpaired) electrons. The molecule has 0 saturated heterocycles. The summed E-state index contributed by atoms with van der Waals surface area (Å²) in [4.78, 5) is 0. The maximum Gasteiger partial charge on any atom is 0.134 e. The SMILES string of the molecule is Cc1ccc(O)c(C2(N)CCCCC2)c1F. The summed E-state index contributed by atoms with van der Waals surface area (Å²) in [5.74, 6) is -0.350. The zero-order valence-corrected chi connectivity index (χ0v) is 9.59. The van der Waals surface area contributed by atoms with E-state index >= 15 is 0 Å². The molecule has 1 aliphatic carbocycles. The predicted molar refractivity (Wildman–Crippen MR) is 61.8 cm³/mol. The first kappa shape index (κ1) is 11.4. The van der Waals surface area contributed by atoms with Crippen LogP contribution in [0.15, 0.2) is 12.1 Å². The van der Waals surface area contributed by atoms with E-state index in [0.29, 0.717) is 11.1 Å². The number of hydrogen-bond donors (Lipinski definition) is 2. The zero-order chi connectivity index (χ0) is 11.8. The number of aryl methyl sites for hydroxylation is 1. The van der Waals surface area contributed by atoms with Crippen LogP contribution in [0.4, 0.5) is 4.39 Å². The standard InChI is InChI=1S/C13H18FNO/c1-9-5-6-10(16)11(12(9)14)13(15)7-3-2-4-8-13/h5-6,16H,2-4,7-8,15H2,1H3. The molecule has 1 aromatic rings. The van der Waals surface area contributed by atoms with E-state index in [-0.39, 0.29) is 11.6 Å². The van der Waals surface area contributed by atoms with Gasteiger partial charge in [-0.25, -0.2) is 4.39 Å². The number of nitrogens with two attached hydrogens (primary N) is 1. The highest BCUT2D eigenvalue weighted by molar-refractivity contribution is 5.42. The molecule has 2 nitrogen and oxygen atoms in total. The van der Waals surface area contributed by atoms with Crippen molar-refractivity contribution in [3.63, 3.8) is 0 Å². The number of hydrogen-bond acceptors (Lipinski definition) is 2. The lowest BCUT2D eigenvalue weighted by Crippen LogP contribution is -2.39. The van der Waals surface area contributed by atoms with Gasteiger partial charge in [-0.05, 0) is 31.4 Å². The van der Waals surface area contributed by atoms with Gasteiger partial charge in [-0.3, -0.25) is 0 Å². The predicted octanol–water partition coefficient (Wildman–Crippen LogP) is 2.96. The maximum atomic E-state index is 14.1. The average Bonchev–Trinajstić information content (AvgIpc) is 2.25. The van der Waals surface area contributed by atoms with Crippen molar-refractivity contribution in [2.24, 2.45) is 5.73 Å². The third-order valence-electron chi connectivity index (χ3n) is 3.56. The summed E-state index contributed by atoms with van der Waals surface area (Å²) >= 11 is 0. The van der Waals surface area contributed by atoms with E-state index < -0.39 is 5.54 Å². The van der Waals surface area contributed by atoms with E-state index in [4.69, 9.17) is 5.73 Å². The smallest absolute Gasteiger partial charge is 0.134 e. The largest absolute Gasteiger partial charge is 0.507 e. The van der Waals surface area contributed by atoms with Crippen molar-refractivity contribution in [1.82, 2.24) is 0 Å². The first-order valence-corrected chi connectivity index (χ1v) is 5.82. The van der Waals surface area contributed by atoms with Crippen molar-refractivity contribution in [2.45, 2.75) is 44.6 Å². The zero-order valence-electron chi connectivity index (χ0n) is 9.59. The fraction of sp³-hybridized carbons (Fsp3) is 0.538. The van der Waals surface area contributed by atoms with Gasteiger partial charge in [-0.2, -0.15) is 0 Å². The summed E-state index contributed by atoms with van der Waals surface area (Å²) in [5.41, 5.74) is 6.43. The summed E-state index contributed by atoms with van der Waals surface area (Å²) < 4.78 is 14.1. The minimum atomic E-state index is -0.682. The van der Waals surface area contributed by atoms with Crippen LogP contribution in [0.5, 0.6) is 5.75 Å². The molecule has 0 atom stereocenters. The molecule has 0 unspecified atom stereocenters. The second kappa shape index (κ2) is 4.06. The van der Waals surface area contributed by atoms with E-state index in [1.807, 2.05) is 0 Å². The molecular formula is C13H18FNO. The highest BCUT2D eigenvalue weighted by atomic mass is 19.1. The van der Waals surface area contributed by atoms with Gasteiger partial charge in [0.2, 0.25) is 0 Å². The number of rotatable bonds is 1. The van der Waals surface area contributed by atoms with Gasteiger partial charge in [0.25, 0.3) is 0 Å². The molecule has 0 spiro atoms. The van der Waals surface area contributed by atoms with E-state index in [2.05, 4.69) is 0 Å². The molecular weight excluding hydrogens is 205 g/mol. The lowest BCUT2D eigenvalue weighted by molar-refractivity contribution is 0.281. The Morgan fingerprint density at radius 3 is 2.50 bits per heavy atom. The Kier molecular flexibility index (Phi) is 2.89. The van der Waals surface area contributed by atoms with E-state index in [0.717, 1.165) is 32.1 Å². The van der Waals surface area contributed by atoms with Gasteiger partial charge < -0.3 is 10.8 Å². The molecule has 0 aliphatic heterocycles. The van der Waals surface area contributed by atoms with Crippen LogP contribution < -0.4 is 5.73 Å². The van der Waals surface area contributed by atoms with Crippen LogP contribution in [0, 0.1) is 12.7 Å². The highest BCUT2D eigenvalue weighted by Crippen LogP contribution is 2.40. The highest BCUT2D eigenvalue weighted by Gasteiger charge is 2.34. The number of aromatic hydroxyl groups is 1. The van der Waals surface area contributed by atoms with Gasteiger partial charge in [0.1, 0.15) is 11.6 Å². The summed E-state index contributed by atoms with van der Waals surface area (Å²) in [6.07, 6.45) is 4.65. The molecule has 2 rings (SSSR count). The second-order valence-corrected chi connectivity index (χ2v) is 4.81. The maximum absolute atomic E-state index is 14.1. The van der Waals surface area contributed by atoms with E-state index in [1.54, 1.807) is 13.0 Å². The van der Waals surface area contributed by atoms with Crippen LogP contribution in [0.1, 0.15) is 43.2 Å². The quantitative estimate of drug-likeness (QED) is 0.768. The fourth-order valence-electron chi connectivity index (χ4n) is 2.58. The number of phenolic OH excluding ortho intramolecular Hbond substituents is 1. The summed E-state index contributed by atoms with van der Waals surface area (Å²) in [7, 11) is 0. The molecule has 3 N–H and O–H groups in total. The molecule has 0 heterocycles. The lowest BCUT2D eigenvalue weighted by atomic mass is 9.76. The summed E-state index contributed by atoms with van der Waals surface area (Å²) in [5, 5.41) is 9.81. The molecule has 1 aliphatic rings. The minimum Gasteiger partial charge on any atom is -0.507 e. The van der Waals surface area contributed by atoms with E-state index in [9.17, 15) is 9.50 Å². The Morgan fingerprint density at radius 1 is 1.25 bits per heavy atom. The monoisotopic (exact) mass is 223 g/mol. The Hall–Kier alpha value is -1.09. The molecule has 88 valence electrons. The first-order chi connectivity index (χ1) is 7.54. The average molecular weight is 223 g/mol. The Labute approximate surface area is 95.3 Å². The molecule has 3 heteroatoms. The van der Waals surface area contributed by atoms with Crippen molar-refractivity contribution in [2.75, 3.05) is 0 Å². The summed E-state index contributed by atoms with van der Waals surface area (Å²) in [6.45, 7) is 1.70. The van der Waals surface area contributed by atoms with Crippen molar-refractivity contribution >= 4 is 0 Å². The second-order valence-electron chi connectivity index (χ2n) is 4.81. The van der Waals surface area contributed by atoms with Crippen LogP contribution in [0.3, 0.4) is 0 Å². The lowest BCUT2D eigenvalue weighted by Gasteiger charge is -2.34. The van der Waals surface area contributed by atoms with Crippen molar-refractivity contribution in [1.29, 1.82) is 0 Å². The molecule has 0 aromatic heterocycles. The molecule has 1 aromatic carbocycles. The normalized spacial score (nSPS) is 19.7. The van der Waals surface area contributed by atoms with Crippen molar-refractivity contribution in [3.05, 3.63) is 29.1 Å². The van der Waals surface area contributed by atoms with Gasteiger partial charge >= 0.3 is 0 Å². The Balaban J connectivity index is 2.49. The van der Waals surface area contributed by atoms with Gasteiger partial charge in [-0.15, -0.1) is 0 Å².